The summed E-state index contributed by atoms with van der Waals surface area (Å²) in [5.41, 5.74) is 1.55. The Morgan fingerprint density at radius 3 is 2.47 bits per heavy atom. The molecule has 2 aromatic carbocycles. The zero-order valence-electron chi connectivity index (χ0n) is 16.6. The highest BCUT2D eigenvalue weighted by Crippen LogP contribution is 2.18. The fraction of sp³-hybridized carbons (Fsp3) is 0.333. The quantitative estimate of drug-likeness (QED) is 0.784. The van der Waals surface area contributed by atoms with Gasteiger partial charge in [0.25, 0.3) is 0 Å². The fourth-order valence-corrected chi connectivity index (χ4v) is 4.70. The van der Waals surface area contributed by atoms with Crippen molar-refractivity contribution in [3.8, 4) is 6.07 Å². The van der Waals surface area contributed by atoms with Gasteiger partial charge >= 0.3 is 0 Å². The largest absolute Gasteiger partial charge is 0.370 e. The lowest BCUT2D eigenvalue weighted by molar-refractivity contribution is -0.132. The van der Waals surface area contributed by atoms with Crippen LogP contribution in [-0.4, -0.2) is 51.4 Å². The van der Waals surface area contributed by atoms with Crippen molar-refractivity contribution >= 4 is 21.6 Å². The Labute approximate surface area is 175 Å². The van der Waals surface area contributed by atoms with Crippen LogP contribution in [-0.2, 0) is 14.8 Å². The third kappa shape index (κ3) is 4.96. The Morgan fingerprint density at radius 2 is 1.80 bits per heavy atom. The summed E-state index contributed by atoms with van der Waals surface area (Å²) in [6.45, 7) is 3.72. The number of anilines is 1. The van der Waals surface area contributed by atoms with Crippen LogP contribution in [0.25, 0.3) is 0 Å². The molecule has 0 unspecified atom stereocenters. The molecule has 9 heteroatoms. The highest BCUT2D eigenvalue weighted by atomic mass is 32.2. The first-order chi connectivity index (χ1) is 14.3. The molecule has 7 nitrogen and oxygen atoms in total. The Morgan fingerprint density at radius 1 is 1.10 bits per heavy atom. The molecule has 1 amide bonds. The lowest BCUT2D eigenvalue weighted by Crippen LogP contribution is -2.48. The molecule has 1 atom stereocenters. The fourth-order valence-electron chi connectivity index (χ4n) is 3.43. The Kier molecular flexibility index (Phi) is 6.70. The number of carbonyl (C=O) groups excluding carboxylic acids is 1. The number of benzene rings is 2. The number of nitrogens with zero attached hydrogens (tertiary/aromatic N) is 3. The standard InChI is InChI=1S/C21H23FN4O3S/c1-16(24-30(28,29)20-6-3-2-5-19(20)22)21(27)26-12-4-11-25(13-14-26)18-9-7-17(15-23)8-10-18/h2-3,5-10,16,24H,4,11-14H2,1H3/t16-/m0/s1. The van der Waals surface area contributed by atoms with Gasteiger partial charge in [-0.3, -0.25) is 4.79 Å². The molecule has 0 aliphatic carbocycles. The van der Waals surface area contributed by atoms with Gasteiger partial charge in [0, 0.05) is 31.9 Å². The molecule has 30 heavy (non-hydrogen) atoms. The lowest BCUT2D eigenvalue weighted by Gasteiger charge is -2.26. The van der Waals surface area contributed by atoms with Crippen LogP contribution >= 0.6 is 0 Å². The molecule has 1 fully saturated rings. The summed E-state index contributed by atoms with van der Waals surface area (Å²) >= 11 is 0. The van der Waals surface area contributed by atoms with Crippen molar-refractivity contribution in [2.45, 2.75) is 24.3 Å². The first-order valence-corrected chi connectivity index (χ1v) is 11.1. The number of sulfonamides is 1. The number of halogens is 1. The van der Waals surface area contributed by atoms with Crippen LogP contribution in [0.15, 0.2) is 53.4 Å². The summed E-state index contributed by atoms with van der Waals surface area (Å²) < 4.78 is 41.1. The van der Waals surface area contributed by atoms with Gasteiger partial charge in [-0.25, -0.2) is 12.8 Å². The minimum absolute atomic E-state index is 0.350. The van der Waals surface area contributed by atoms with E-state index in [0.717, 1.165) is 30.8 Å². The van der Waals surface area contributed by atoms with E-state index in [1.54, 1.807) is 17.0 Å². The van der Waals surface area contributed by atoms with E-state index < -0.39 is 26.8 Å². The van der Waals surface area contributed by atoms with Crippen LogP contribution in [0.5, 0.6) is 0 Å². The third-order valence-corrected chi connectivity index (χ3v) is 6.57. The number of hydrogen-bond donors (Lipinski definition) is 1. The minimum Gasteiger partial charge on any atom is -0.370 e. The molecule has 1 aliphatic rings. The number of rotatable bonds is 5. The van der Waals surface area contributed by atoms with Gasteiger partial charge in [0.1, 0.15) is 10.7 Å². The van der Waals surface area contributed by atoms with Gasteiger partial charge < -0.3 is 9.80 Å². The number of amides is 1. The lowest BCUT2D eigenvalue weighted by atomic mass is 10.2. The molecule has 1 aliphatic heterocycles. The van der Waals surface area contributed by atoms with Crippen molar-refractivity contribution in [1.29, 1.82) is 5.26 Å². The van der Waals surface area contributed by atoms with Gasteiger partial charge in [0.2, 0.25) is 15.9 Å². The first-order valence-electron chi connectivity index (χ1n) is 9.62. The zero-order valence-corrected chi connectivity index (χ0v) is 17.4. The van der Waals surface area contributed by atoms with Crippen molar-refractivity contribution in [3.63, 3.8) is 0 Å². The van der Waals surface area contributed by atoms with Gasteiger partial charge in [-0.1, -0.05) is 12.1 Å². The third-order valence-electron chi connectivity index (χ3n) is 5.00. The molecule has 158 valence electrons. The van der Waals surface area contributed by atoms with Crippen LogP contribution in [0.4, 0.5) is 10.1 Å². The van der Waals surface area contributed by atoms with Crippen LogP contribution in [0.2, 0.25) is 0 Å². The van der Waals surface area contributed by atoms with Crippen molar-refractivity contribution in [2.75, 3.05) is 31.1 Å². The SMILES string of the molecule is C[C@H](NS(=O)(=O)c1ccccc1F)C(=O)N1CCCN(c2ccc(C#N)cc2)CC1. The number of carbonyl (C=O) groups is 1. The Balaban J connectivity index is 1.64. The second-order valence-corrected chi connectivity index (χ2v) is 8.78. The van der Waals surface area contributed by atoms with E-state index in [-0.39, 0.29) is 5.91 Å². The molecule has 0 radical (unpaired) electrons. The molecule has 2 aromatic rings. The molecule has 3 rings (SSSR count). The van der Waals surface area contributed by atoms with E-state index >= 15 is 0 Å². The van der Waals surface area contributed by atoms with E-state index in [9.17, 15) is 17.6 Å². The van der Waals surface area contributed by atoms with Crippen LogP contribution < -0.4 is 9.62 Å². The van der Waals surface area contributed by atoms with Gasteiger partial charge in [-0.05, 0) is 49.7 Å². The monoisotopic (exact) mass is 430 g/mol. The summed E-state index contributed by atoms with van der Waals surface area (Å²) in [5.74, 6) is -1.21. The molecule has 0 bridgehead atoms. The summed E-state index contributed by atoms with van der Waals surface area (Å²) in [5, 5.41) is 8.92. The first kappa shape index (κ1) is 21.7. The van der Waals surface area contributed by atoms with Crippen LogP contribution in [0.1, 0.15) is 18.9 Å². The highest BCUT2D eigenvalue weighted by Gasteiger charge is 2.28. The highest BCUT2D eigenvalue weighted by molar-refractivity contribution is 7.89. The second kappa shape index (κ2) is 9.24. The predicted octanol–water partition coefficient (Wildman–Crippen LogP) is 2.10. The summed E-state index contributed by atoms with van der Waals surface area (Å²) in [6, 6.07) is 13.4. The number of hydrogen-bond acceptors (Lipinski definition) is 5. The maximum absolute atomic E-state index is 13.9. The van der Waals surface area contributed by atoms with Gasteiger partial charge in [-0.2, -0.15) is 9.98 Å². The maximum atomic E-state index is 13.9. The average molecular weight is 431 g/mol. The van der Waals surface area contributed by atoms with Gasteiger partial charge in [-0.15, -0.1) is 0 Å². The van der Waals surface area contributed by atoms with E-state index in [2.05, 4.69) is 15.7 Å². The van der Waals surface area contributed by atoms with Crippen molar-refractivity contribution < 1.29 is 17.6 Å². The van der Waals surface area contributed by atoms with E-state index in [0.29, 0.717) is 25.2 Å². The summed E-state index contributed by atoms with van der Waals surface area (Å²) in [7, 11) is -4.15. The molecule has 0 spiro atoms. The van der Waals surface area contributed by atoms with E-state index in [1.807, 2.05) is 12.1 Å². The molecular formula is C21H23FN4O3S. The summed E-state index contributed by atoms with van der Waals surface area (Å²) in [6.07, 6.45) is 0.721. The van der Waals surface area contributed by atoms with Crippen molar-refractivity contribution in [2.24, 2.45) is 0 Å². The summed E-state index contributed by atoms with van der Waals surface area (Å²) in [4.78, 5) is 16.1. The van der Waals surface area contributed by atoms with Crippen LogP contribution in [0.3, 0.4) is 0 Å². The minimum atomic E-state index is -4.15. The topological polar surface area (TPSA) is 93.5 Å². The number of nitrogens with one attached hydrogen (secondary N) is 1. The average Bonchev–Trinajstić information content (AvgIpc) is 2.99. The normalized spacial score (nSPS) is 15.9. The van der Waals surface area contributed by atoms with Gasteiger partial charge in [0.05, 0.1) is 17.7 Å². The second-order valence-electron chi connectivity index (χ2n) is 7.10. The molecule has 0 saturated carbocycles. The zero-order chi connectivity index (χ0) is 21.7. The Bertz CT molecular complexity index is 1050. The van der Waals surface area contributed by atoms with E-state index in [1.165, 1.54) is 19.1 Å². The molecule has 1 heterocycles. The number of nitriles is 1. The molecule has 0 aromatic heterocycles. The Hall–Kier alpha value is -2.96. The van der Waals surface area contributed by atoms with Crippen molar-refractivity contribution in [3.05, 3.63) is 59.9 Å². The van der Waals surface area contributed by atoms with Crippen LogP contribution in [0, 0.1) is 17.1 Å². The van der Waals surface area contributed by atoms with Gasteiger partial charge in [0.15, 0.2) is 0 Å². The molecule has 1 saturated heterocycles. The molecule has 1 N–H and O–H groups in total. The smallest absolute Gasteiger partial charge is 0.244 e. The molecular weight excluding hydrogens is 407 g/mol. The maximum Gasteiger partial charge on any atom is 0.244 e. The predicted molar refractivity (Wildman–Crippen MR) is 111 cm³/mol. The van der Waals surface area contributed by atoms with E-state index in [4.69, 9.17) is 5.26 Å². The van der Waals surface area contributed by atoms with Crippen molar-refractivity contribution in [1.82, 2.24) is 9.62 Å².